The third-order valence-corrected chi connectivity index (χ3v) is 5.36. The zero-order valence-corrected chi connectivity index (χ0v) is 14.1. The van der Waals surface area contributed by atoms with E-state index < -0.39 is 16.2 Å². The van der Waals surface area contributed by atoms with E-state index in [1.165, 1.54) is 12.1 Å². The second kappa shape index (κ2) is 6.71. The molecule has 124 valence electrons. The fraction of sp³-hybridized carbons (Fsp3) is 0.158. The number of rotatable bonds is 5. The second-order valence-electron chi connectivity index (χ2n) is 5.74. The van der Waals surface area contributed by atoms with Gasteiger partial charge in [-0.2, -0.15) is 0 Å². The van der Waals surface area contributed by atoms with Gasteiger partial charge in [0.05, 0.1) is 4.90 Å². The van der Waals surface area contributed by atoms with Gasteiger partial charge in [-0.05, 0) is 41.5 Å². The second-order valence-corrected chi connectivity index (χ2v) is 7.51. The predicted molar refractivity (Wildman–Crippen MR) is 94.2 cm³/mol. The number of fused-ring (bicyclic) bond motifs is 1. The Kier molecular flexibility index (Phi) is 4.64. The average molecular weight is 343 g/mol. The quantitative estimate of drug-likeness (QED) is 0.757. The molecule has 3 aromatic carbocycles. The minimum atomic E-state index is -3.71. The van der Waals surface area contributed by atoms with E-state index >= 15 is 0 Å². The maximum Gasteiger partial charge on any atom is 0.240 e. The van der Waals surface area contributed by atoms with Crippen molar-refractivity contribution in [1.29, 1.82) is 0 Å². The molecule has 24 heavy (non-hydrogen) atoms. The molecule has 1 unspecified atom stereocenters. The third-order valence-electron chi connectivity index (χ3n) is 3.92. The molecular weight excluding hydrogens is 325 g/mol. The Morgan fingerprint density at radius 1 is 0.958 bits per heavy atom. The molecule has 0 aromatic heterocycles. The zero-order chi connectivity index (χ0) is 17.2. The number of hydrogen-bond acceptors (Lipinski definition) is 2. The zero-order valence-electron chi connectivity index (χ0n) is 13.2. The number of hydrogen-bond donors (Lipinski definition) is 1. The summed E-state index contributed by atoms with van der Waals surface area (Å²) in [5.74, 6) is 0. The fourth-order valence-electron chi connectivity index (χ4n) is 2.50. The SMILES string of the molecule is Cc1ccc(S(=O)(=O)NCC(F)c2ccc3ccccc3c2)cc1. The van der Waals surface area contributed by atoms with Crippen LogP contribution in [-0.4, -0.2) is 15.0 Å². The monoisotopic (exact) mass is 343 g/mol. The van der Waals surface area contributed by atoms with Gasteiger partial charge in [0.15, 0.2) is 0 Å². The van der Waals surface area contributed by atoms with Crippen molar-refractivity contribution in [3.63, 3.8) is 0 Å². The summed E-state index contributed by atoms with van der Waals surface area (Å²) in [5.41, 5.74) is 1.42. The van der Waals surface area contributed by atoms with Gasteiger partial charge >= 0.3 is 0 Å². The standard InChI is InChI=1S/C19H18FNO2S/c1-14-6-10-18(11-7-14)24(22,23)21-13-19(20)17-9-8-15-4-2-3-5-16(15)12-17/h2-12,19,21H,13H2,1H3. The molecule has 3 aromatic rings. The molecule has 0 amide bonds. The van der Waals surface area contributed by atoms with Crippen molar-refractivity contribution < 1.29 is 12.8 Å². The summed E-state index contributed by atoms with van der Waals surface area (Å²) < 4.78 is 41.2. The van der Waals surface area contributed by atoms with Crippen LogP contribution in [0.25, 0.3) is 10.8 Å². The van der Waals surface area contributed by atoms with Crippen molar-refractivity contribution in [1.82, 2.24) is 4.72 Å². The molecule has 0 aliphatic rings. The van der Waals surface area contributed by atoms with Crippen LogP contribution in [-0.2, 0) is 10.0 Å². The highest BCUT2D eigenvalue weighted by molar-refractivity contribution is 7.89. The minimum Gasteiger partial charge on any atom is -0.241 e. The average Bonchev–Trinajstić information content (AvgIpc) is 2.59. The molecule has 3 nitrogen and oxygen atoms in total. The van der Waals surface area contributed by atoms with E-state index in [-0.39, 0.29) is 11.4 Å². The van der Waals surface area contributed by atoms with E-state index in [0.717, 1.165) is 16.3 Å². The van der Waals surface area contributed by atoms with Gasteiger partial charge in [-0.15, -0.1) is 0 Å². The van der Waals surface area contributed by atoms with Crippen LogP contribution in [0.15, 0.2) is 71.6 Å². The lowest BCUT2D eigenvalue weighted by Crippen LogP contribution is -2.27. The van der Waals surface area contributed by atoms with Gasteiger partial charge in [0.1, 0.15) is 6.17 Å². The highest BCUT2D eigenvalue weighted by Crippen LogP contribution is 2.23. The molecule has 0 heterocycles. The van der Waals surface area contributed by atoms with Crippen molar-refractivity contribution in [2.24, 2.45) is 0 Å². The van der Waals surface area contributed by atoms with E-state index in [2.05, 4.69) is 4.72 Å². The molecule has 1 N–H and O–H groups in total. The van der Waals surface area contributed by atoms with Crippen molar-refractivity contribution in [3.05, 3.63) is 77.9 Å². The molecular formula is C19H18FNO2S. The lowest BCUT2D eigenvalue weighted by atomic mass is 10.0. The molecule has 1 atom stereocenters. The van der Waals surface area contributed by atoms with E-state index in [1.807, 2.05) is 37.3 Å². The highest BCUT2D eigenvalue weighted by Gasteiger charge is 2.17. The van der Waals surface area contributed by atoms with Crippen LogP contribution in [0.4, 0.5) is 4.39 Å². The third kappa shape index (κ3) is 3.63. The number of benzene rings is 3. The lowest BCUT2D eigenvalue weighted by Gasteiger charge is -2.12. The van der Waals surface area contributed by atoms with Gasteiger partial charge < -0.3 is 0 Å². The first kappa shape index (κ1) is 16.6. The molecule has 0 fully saturated rings. The summed E-state index contributed by atoms with van der Waals surface area (Å²) in [4.78, 5) is 0.138. The summed E-state index contributed by atoms with van der Waals surface area (Å²) in [5, 5.41) is 1.95. The number of alkyl halides is 1. The van der Waals surface area contributed by atoms with Crippen LogP contribution in [0, 0.1) is 6.92 Å². The predicted octanol–water partition coefficient (Wildman–Crippen LogP) is 4.14. The summed E-state index contributed by atoms with van der Waals surface area (Å²) >= 11 is 0. The number of sulfonamides is 1. The molecule has 3 rings (SSSR count). The van der Waals surface area contributed by atoms with E-state index in [1.54, 1.807) is 24.3 Å². The molecule has 5 heteroatoms. The van der Waals surface area contributed by atoms with Crippen LogP contribution in [0.1, 0.15) is 17.3 Å². The molecule has 0 saturated carbocycles. The minimum absolute atomic E-state index is 0.138. The van der Waals surface area contributed by atoms with Gasteiger partial charge in [0.25, 0.3) is 0 Å². The first-order valence-electron chi connectivity index (χ1n) is 7.65. The molecule has 0 aliphatic carbocycles. The van der Waals surface area contributed by atoms with Crippen LogP contribution in [0.5, 0.6) is 0 Å². The number of nitrogens with one attached hydrogen (secondary N) is 1. The van der Waals surface area contributed by atoms with Crippen molar-refractivity contribution in [3.8, 4) is 0 Å². The van der Waals surface area contributed by atoms with Crippen LogP contribution < -0.4 is 4.72 Å². The van der Waals surface area contributed by atoms with Gasteiger partial charge in [-0.3, -0.25) is 0 Å². The summed E-state index contributed by atoms with van der Waals surface area (Å²) in [6, 6.07) is 19.4. The summed E-state index contributed by atoms with van der Waals surface area (Å²) in [6.45, 7) is 1.58. The van der Waals surface area contributed by atoms with Gasteiger partial charge in [-0.1, -0.05) is 54.1 Å². The van der Waals surface area contributed by atoms with Gasteiger partial charge in [0, 0.05) is 6.54 Å². The normalized spacial score (nSPS) is 13.1. The Morgan fingerprint density at radius 3 is 2.33 bits per heavy atom. The molecule has 0 saturated heterocycles. The van der Waals surface area contributed by atoms with Crippen molar-refractivity contribution >= 4 is 20.8 Å². The first-order valence-corrected chi connectivity index (χ1v) is 9.13. The van der Waals surface area contributed by atoms with Crippen LogP contribution in [0.2, 0.25) is 0 Å². The Labute approximate surface area is 141 Å². The Hall–Kier alpha value is -2.24. The Morgan fingerprint density at radius 2 is 1.62 bits per heavy atom. The molecule has 0 bridgehead atoms. The highest BCUT2D eigenvalue weighted by atomic mass is 32.2. The smallest absolute Gasteiger partial charge is 0.240 e. The Balaban J connectivity index is 1.74. The maximum atomic E-state index is 14.4. The lowest BCUT2D eigenvalue weighted by molar-refractivity contribution is 0.343. The first-order chi connectivity index (χ1) is 11.5. The molecule has 0 spiro atoms. The molecule has 0 aliphatic heterocycles. The summed E-state index contributed by atoms with van der Waals surface area (Å²) in [6.07, 6.45) is -1.41. The van der Waals surface area contributed by atoms with Crippen LogP contribution in [0.3, 0.4) is 0 Å². The maximum absolute atomic E-state index is 14.4. The molecule has 0 radical (unpaired) electrons. The van der Waals surface area contributed by atoms with Gasteiger partial charge in [-0.25, -0.2) is 17.5 Å². The largest absolute Gasteiger partial charge is 0.241 e. The topological polar surface area (TPSA) is 46.2 Å². The van der Waals surface area contributed by atoms with Crippen LogP contribution >= 0.6 is 0 Å². The summed E-state index contributed by atoms with van der Waals surface area (Å²) in [7, 11) is -3.71. The number of halogens is 1. The van der Waals surface area contributed by atoms with E-state index in [9.17, 15) is 12.8 Å². The number of aryl methyl sites for hydroxylation is 1. The fourth-order valence-corrected chi connectivity index (χ4v) is 3.53. The van der Waals surface area contributed by atoms with E-state index in [0.29, 0.717) is 5.56 Å². The van der Waals surface area contributed by atoms with Gasteiger partial charge in [0.2, 0.25) is 10.0 Å². The van der Waals surface area contributed by atoms with Crippen molar-refractivity contribution in [2.75, 3.05) is 6.54 Å². The Bertz CT molecular complexity index is 953. The van der Waals surface area contributed by atoms with Crippen molar-refractivity contribution in [2.45, 2.75) is 18.0 Å². The van der Waals surface area contributed by atoms with E-state index in [4.69, 9.17) is 0 Å².